The van der Waals surface area contributed by atoms with Gasteiger partial charge < -0.3 is 0 Å². The molecule has 4 nitrogen and oxygen atoms in total. The van der Waals surface area contributed by atoms with Gasteiger partial charge in [0.15, 0.2) is 0 Å². The minimum absolute atomic E-state index is 0.0387. The van der Waals surface area contributed by atoms with Crippen molar-refractivity contribution in [3.05, 3.63) is 58.1 Å². The highest BCUT2D eigenvalue weighted by molar-refractivity contribution is 7.89. The van der Waals surface area contributed by atoms with Gasteiger partial charge in [-0.05, 0) is 23.8 Å². The fraction of sp³-hybridized carbons (Fsp3) is 0.154. The highest BCUT2D eigenvalue weighted by Crippen LogP contribution is 2.24. The Morgan fingerprint density at radius 2 is 1.86 bits per heavy atom. The van der Waals surface area contributed by atoms with Crippen LogP contribution in [0.15, 0.2) is 41.4 Å². The summed E-state index contributed by atoms with van der Waals surface area (Å²) < 4.78 is 38.7. The van der Waals surface area contributed by atoms with Crippen LogP contribution in [0, 0.1) is 5.82 Å². The van der Waals surface area contributed by atoms with Gasteiger partial charge in [-0.2, -0.15) is 4.31 Å². The third-order valence-corrected chi connectivity index (χ3v) is 5.25. The quantitative estimate of drug-likeness (QED) is 0.796. The van der Waals surface area contributed by atoms with Crippen molar-refractivity contribution < 1.29 is 12.8 Å². The molecule has 2 aromatic rings. The summed E-state index contributed by atoms with van der Waals surface area (Å²) in [6, 6.07) is 6.84. The number of pyridine rings is 1. The SMILES string of the molecule is CN(Cc1ccc(F)cc1)S(=O)(=O)c1cnc(Cl)c(Cl)c1. The van der Waals surface area contributed by atoms with Crippen LogP contribution in [0.4, 0.5) is 4.39 Å². The topological polar surface area (TPSA) is 50.3 Å². The number of sulfonamides is 1. The van der Waals surface area contributed by atoms with E-state index in [9.17, 15) is 12.8 Å². The minimum atomic E-state index is -3.75. The Morgan fingerprint density at radius 3 is 2.43 bits per heavy atom. The zero-order valence-electron chi connectivity index (χ0n) is 10.9. The van der Waals surface area contributed by atoms with Gasteiger partial charge in [-0.15, -0.1) is 0 Å². The summed E-state index contributed by atoms with van der Waals surface area (Å²) in [5, 5.41) is 0.102. The summed E-state index contributed by atoms with van der Waals surface area (Å²) in [6.07, 6.45) is 1.14. The molecule has 112 valence electrons. The molecule has 1 aromatic carbocycles. The van der Waals surface area contributed by atoms with E-state index in [0.29, 0.717) is 5.56 Å². The van der Waals surface area contributed by atoms with Crippen LogP contribution >= 0.6 is 23.2 Å². The van der Waals surface area contributed by atoms with Crippen LogP contribution in [0.1, 0.15) is 5.56 Å². The maximum absolute atomic E-state index is 12.8. The van der Waals surface area contributed by atoms with Crippen molar-refractivity contribution >= 4 is 33.2 Å². The second-order valence-electron chi connectivity index (χ2n) is 4.33. The smallest absolute Gasteiger partial charge is 0.242 e. The zero-order chi connectivity index (χ0) is 15.6. The van der Waals surface area contributed by atoms with Crippen LogP contribution in [-0.2, 0) is 16.6 Å². The standard InChI is InChI=1S/C13H11Cl2FN2O2S/c1-18(8-9-2-4-10(16)5-3-9)21(19,20)11-6-12(14)13(15)17-7-11/h2-7H,8H2,1H3. The molecule has 0 aliphatic carbocycles. The first-order chi connectivity index (χ1) is 9.80. The molecule has 0 saturated carbocycles. The van der Waals surface area contributed by atoms with E-state index in [1.54, 1.807) is 0 Å². The number of rotatable bonds is 4. The zero-order valence-corrected chi connectivity index (χ0v) is 13.3. The number of aromatic nitrogens is 1. The minimum Gasteiger partial charge on any atom is -0.242 e. The van der Waals surface area contributed by atoms with Crippen LogP contribution in [0.25, 0.3) is 0 Å². The molecule has 0 aliphatic rings. The molecule has 0 bridgehead atoms. The van der Waals surface area contributed by atoms with Gasteiger partial charge in [0, 0.05) is 19.8 Å². The van der Waals surface area contributed by atoms with Crippen LogP contribution in [0.2, 0.25) is 10.2 Å². The van der Waals surface area contributed by atoms with Crippen LogP contribution in [0.5, 0.6) is 0 Å². The van der Waals surface area contributed by atoms with Crippen molar-refractivity contribution in [3.8, 4) is 0 Å². The lowest BCUT2D eigenvalue weighted by Crippen LogP contribution is -2.26. The fourth-order valence-corrected chi connectivity index (χ4v) is 3.12. The predicted octanol–water partition coefficient (Wildman–Crippen LogP) is 3.35. The van der Waals surface area contributed by atoms with Crippen molar-refractivity contribution in [3.63, 3.8) is 0 Å². The maximum Gasteiger partial charge on any atom is 0.244 e. The number of hydrogen-bond acceptors (Lipinski definition) is 3. The molecule has 2 rings (SSSR count). The molecule has 0 saturated heterocycles. The Balaban J connectivity index is 2.25. The average molecular weight is 349 g/mol. The fourth-order valence-electron chi connectivity index (χ4n) is 1.66. The molecule has 0 unspecified atom stereocenters. The molecule has 0 N–H and O–H groups in total. The van der Waals surface area contributed by atoms with Gasteiger partial charge in [-0.25, -0.2) is 17.8 Å². The molecule has 1 aromatic heterocycles. The number of benzene rings is 1. The van der Waals surface area contributed by atoms with Crippen molar-refractivity contribution in [1.29, 1.82) is 0 Å². The molecule has 1 heterocycles. The second kappa shape index (κ2) is 6.27. The number of hydrogen-bond donors (Lipinski definition) is 0. The normalized spacial score (nSPS) is 11.9. The van der Waals surface area contributed by atoms with E-state index in [-0.39, 0.29) is 27.4 Å². The van der Waals surface area contributed by atoms with Gasteiger partial charge in [-0.1, -0.05) is 35.3 Å². The molecule has 0 fully saturated rings. The van der Waals surface area contributed by atoms with Gasteiger partial charge in [0.05, 0.1) is 5.02 Å². The maximum atomic E-state index is 12.8. The van der Waals surface area contributed by atoms with Gasteiger partial charge in [-0.3, -0.25) is 0 Å². The predicted molar refractivity (Wildman–Crippen MR) is 79.3 cm³/mol. The van der Waals surface area contributed by atoms with E-state index in [2.05, 4.69) is 4.98 Å². The second-order valence-corrected chi connectivity index (χ2v) is 7.14. The Bertz CT molecular complexity index is 751. The lowest BCUT2D eigenvalue weighted by molar-refractivity contribution is 0.466. The molecule has 8 heteroatoms. The van der Waals surface area contributed by atoms with Crippen LogP contribution in [-0.4, -0.2) is 24.8 Å². The Morgan fingerprint density at radius 1 is 1.24 bits per heavy atom. The Kier molecular flexibility index (Phi) is 4.83. The summed E-state index contributed by atoms with van der Waals surface area (Å²) in [4.78, 5) is 3.67. The monoisotopic (exact) mass is 348 g/mol. The van der Waals surface area contributed by atoms with E-state index in [1.165, 1.54) is 37.4 Å². The summed E-state index contributed by atoms with van der Waals surface area (Å²) >= 11 is 11.5. The molecule has 0 spiro atoms. The van der Waals surface area contributed by atoms with E-state index in [4.69, 9.17) is 23.2 Å². The summed E-state index contributed by atoms with van der Waals surface area (Å²) in [5.74, 6) is -0.377. The molecular formula is C13H11Cl2FN2O2S. The third kappa shape index (κ3) is 3.71. The van der Waals surface area contributed by atoms with Crippen LogP contribution < -0.4 is 0 Å². The first-order valence-corrected chi connectivity index (χ1v) is 8.02. The van der Waals surface area contributed by atoms with Crippen molar-refractivity contribution in [1.82, 2.24) is 9.29 Å². The first kappa shape index (κ1) is 16.2. The highest BCUT2D eigenvalue weighted by Gasteiger charge is 2.22. The van der Waals surface area contributed by atoms with Gasteiger partial charge in [0.2, 0.25) is 10.0 Å². The molecule has 0 aliphatic heterocycles. The van der Waals surface area contributed by atoms with Gasteiger partial charge in [0.1, 0.15) is 15.9 Å². The summed E-state index contributed by atoms with van der Waals surface area (Å²) in [6.45, 7) is 0.100. The lowest BCUT2D eigenvalue weighted by Gasteiger charge is -2.17. The van der Waals surface area contributed by atoms with Gasteiger partial charge in [0.25, 0.3) is 0 Å². The summed E-state index contributed by atoms with van der Waals surface area (Å²) in [7, 11) is -2.33. The first-order valence-electron chi connectivity index (χ1n) is 5.82. The largest absolute Gasteiger partial charge is 0.244 e. The van der Waals surface area contributed by atoms with E-state index >= 15 is 0 Å². The molecule has 0 amide bonds. The Hall–Kier alpha value is -1.21. The highest BCUT2D eigenvalue weighted by atomic mass is 35.5. The molecule has 0 radical (unpaired) electrons. The van der Waals surface area contributed by atoms with E-state index < -0.39 is 10.0 Å². The Labute approximate surface area is 132 Å². The van der Waals surface area contributed by atoms with E-state index in [1.807, 2.05) is 0 Å². The number of nitrogens with zero attached hydrogens (tertiary/aromatic N) is 2. The van der Waals surface area contributed by atoms with Crippen molar-refractivity contribution in [2.24, 2.45) is 0 Å². The van der Waals surface area contributed by atoms with Crippen LogP contribution in [0.3, 0.4) is 0 Å². The van der Waals surface area contributed by atoms with Gasteiger partial charge >= 0.3 is 0 Å². The molecular weight excluding hydrogens is 338 g/mol. The lowest BCUT2D eigenvalue weighted by atomic mass is 10.2. The molecule has 0 atom stereocenters. The van der Waals surface area contributed by atoms with E-state index in [0.717, 1.165) is 10.5 Å². The third-order valence-electron chi connectivity index (χ3n) is 2.80. The summed E-state index contributed by atoms with van der Waals surface area (Å²) in [5.41, 5.74) is 0.662. The van der Waals surface area contributed by atoms with Crippen molar-refractivity contribution in [2.75, 3.05) is 7.05 Å². The van der Waals surface area contributed by atoms with Crippen molar-refractivity contribution in [2.45, 2.75) is 11.4 Å². The molecule has 21 heavy (non-hydrogen) atoms. The average Bonchev–Trinajstić information content (AvgIpc) is 2.44. The number of halogens is 3.